The molecule has 0 bridgehead atoms. The number of nitrogens with two attached hydrogens (primary N) is 1. The van der Waals surface area contributed by atoms with Crippen molar-refractivity contribution in [1.29, 1.82) is 0 Å². The van der Waals surface area contributed by atoms with E-state index in [9.17, 15) is 9.59 Å². The average molecular weight is 191 g/mol. The lowest BCUT2D eigenvalue weighted by Gasteiger charge is -2.12. The molecular formula is C7H13NO3S. The Kier molecular flexibility index (Phi) is 4.92. The maximum atomic E-state index is 11.2. The summed E-state index contributed by atoms with van der Waals surface area (Å²) in [5.74, 6) is -1.66. The first-order valence-corrected chi connectivity index (χ1v) is 4.88. The number of carbonyl (C=O) groups excluding carboxylic acids is 1. The number of carboxylic acids is 1. The van der Waals surface area contributed by atoms with E-state index in [1.165, 1.54) is 11.8 Å². The maximum absolute atomic E-state index is 11.2. The van der Waals surface area contributed by atoms with E-state index in [0.717, 1.165) is 0 Å². The molecule has 0 saturated carbocycles. The number of ketones is 1. The maximum Gasteiger partial charge on any atom is 0.328 e. The van der Waals surface area contributed by atoms with Gasteiger partial charge in [0.15, 0.2) is 11.8 Å². The van der Waals surface area contributed by atoms with Crippen LogP contribution in [0.3, 0.4) is 0 Å². The number of thioether (sulfide) groups is 1. The van der Waals surface area contributed by atoms with E-state index in [0.29, 0.717) is 6.42 Å². The first-order valence-electron chi connectivity index (χ1n) is 3.59. The van der Waals surface area contributed by atoms with Gasteiger partial charge in [0.25, 0.3) is 0 Å². The second-order valence-corrected chi connectivity index (χ2v) is 3.39. The summed E-state index contributed by atoms with van der Waals surface area (Å²) in [7, 11) is 0. The van der Waals surface area contributed by atoms with Gasteiger partial charge >= 0.3 is 5.97 Å². The van der Waals surface area contributed by atoms with Crippen LogP contribution in [0, 0.1) is 0 Å². The van der Waals surface area contributed by atoms with Gasteiger partial charge in [-0.3, -0.25) is 9.59 Å². The van der Waals surface area contributed by atoms with Crippen LogP contribution in [0.2, 0.25) is 0 Å². The van der Waals surface area contributed by atoms with Gasteiger partial charge < -0.3 is 10.8 Å². The monoisotopic (exact) mass is 191 g/mol. The van der Waals surface area contributed by atoms with Crippen LogP contribution in [-0.4, -0.2) is 34.4 Å². The normalized spacial score (nSPS) is 15.2. The van der Waals surface area contributed by atoms with Crippen LogP contribution in [0.4, 0.5) is 0 Å². The molecule has 0 aliphatic carbocycles. The van der Waals surface area contributed by atoms with E-state index in [4.69, 9.17) is 10.8 Å². The molecule has 0 aliphatic heterocycles. The molecule has 0 spiro atoms. The van der Waals surface area contributed by atoms with Gasteiger partial charge in [0.05, 0.1) is 5.25 Å². The number of Topliss-reactive ketones (excluding diaryl/α,β-unsaturated/α-hetero) is 1. The Morgan fingerprint density at radius 1 is 1.58 bits per heavy atom. The van der Waals surface area contributed by atoms with E-state index < -0.39 is 17.8 Å². The zero-order chi connectivity index (χ0) is 9.72. The van der Waals surface area contributed by atoms with Crippen LogP contribution < -0.4 is 5.73 Å². The Bertz CT molecular complexity index is 179. The van der Waals surface area contributed by atoms with Crippen LogP contribution in [0.25, 0.3) is 0 Å². The Balaban J connectivity index is 4.25. The second kappa shape index (κ2) is 5.16. The molecule has 0 rings (SSSR count). The van der Waals surface area contributed by atoms with Crippen LogP contribution >= 0.6 is 11.8 Å². The van der Waals surface area contributed by atoms with Crippen molar-refractivity contribution in [3.05, 3.63) is 0 Å². The summed E-state index contributed by atoms with van der Waals surface area (Å²) in [6.45, 7) is 1.83. The third-order valence-corrected chi connectivity index (χ3v) is 2.68. The first kappa shape index (κ1) is 11.4. The summed E-state index contributed by atoms with van der Waals surface area (Å²) >= 11 is 1.33. The van der Waals surface area contributed by atoms with Gasteiger partial charge in [0.2, 0.25) is 0 Å². The van der Waals surface area contributed by atoms with Crippen molar-refractivity contribution in [3.8, 4) is 0 Å². The zero-order valence-corrected chi connectivity index (χ0v) is 7.93. The van der Waals surface area contributed by atoms with Crippen LogP contribution in [0.15, 0.2) is 0 Å². The minimum Gasteiger partial charge on any atom is -0.480 e. The van der Waals surface area contributed by atoms with Crippen molar-refractivity contribution < 1.29 is 14.7 Å². The predicted octanol–water partition coefficient (Wildman–Crippen LogP) is 0.109. The molecular weight excluding hydrogens is 178 g/mol. The Hall–Kier alpha value is -0.550. The third-order valence-electron chi connectivity index (χ3n) is 1.55. The van der Waals surface area contributed by atoms with Crippen molar-refractivity contribution in [2.24, 2.45) is 5.73 Å². The number of aliphatic carboxylic acids is 1. The molecule has 0 aromatic rings. The molecule has 2 atom stereocenters. The largest absolute Gasteiger partial charge is 0.480 e. The summed E-state index contributed by atoms with van der Waals surface area (Å²) in [5, 5.41) is 8.14. The van der Waals surface area contributed by atoms with Gasteiger partial charge in [-0.05, 0) is 12.7 Å². The van der Waals surface area contributed by atoms with Gasteiger partial charge in [-0.25, -0.2) is 0 Å². The van der Waals surface area contributed by atoms with E-state index in [1.54, 1.807) is 6.26 Å². The molecule has 0 radical (unpaired) electrons. The Morgan fingerprint density at radius 3 is 2.33 bits per heavy atom. The van der Waals surface area contributed by atoms with Gasteiger partial charge in [-0.15, -0.1) is 0 Å². The fourth-order valence-corrected chi connectivity index (χ4v) is 1.52. The molecule has 2 unspecified atom stereocenters. The summed E-state index contributed by atoms with van der Waals surface area (Å²) < 4.78 is 0. The quantitative estimate of drug-likeness (QED) is 0.603. The lowest BCUT2D eigenvalue weighted by Crippen LogP contribution is -2.43. The highest BCUT2D eigenvalue weighted by molar-refractivity contribution is 7.99. The molecule has 0 aromatic heterocycles. The minimum absolute atomic E-state index is 0.295. The van der Waals surface area contributed by atoms with Crippen LogP contribution in [0.1, 0.15) is 13.3 Å². The van der Waals surface area contributed by atoms with Crippen molar-refractivity contribution in [2.45, 2.75) is 24.6 Å². The molecule has 0 aliphatic rings. The summed E-state index contributed by atoms with van der Waals surface area (Å²) in [4.78, 5) is 21.5. The fraction of sp³-hybridized carbons (Fsp3) is 0.714. The zero-order valence-electron chi connectivity index (χ0n) is 7.11. The molecule has 0 fully saturated rings. The molecule has 5 heteroatoms. The molecule has 4 nitrogen and oxygen atoms in total. The van der Waals surface area contributed by atoms with Crippen LogP contribution in [0.5, 0.6) is 0 Å². The average Bonchev–Trinajstić information content (AvgIpc) is 2.05. The lowest BCUT2D eigenvalue weighted by molar-refractivity contribution is -0.142. The smallest absolute Gasteiger partial charge is 0.328 e. The topological polar surface area (TPSA) is 80.4 Å². The highest BCUT2D eigenvalue weighted by Crippen LogP contribution is 2.12. The first-order chi connectivity index (χ1) is 5.54. The third kappa shape index (κ3) is 2.83. The van der Waals surface area contributed by atoms with Crippen LogP contribution in [-0.2, 0) is 9.59 Å². The Labute approximate surface area is 75.5 Å². The number of hydrogen-bond acceptors (Lipinski definition) is 4. The Morgan fingerprint density at radius 2 is 2.08 bits per heavy atom. The number of carboxylic acid groups (broad SMARTS) is 1. The molecule has 0 saturated heterocycles. The van der Waals surface area contributed by atoms with Gasteiger partial charge in [-0.1, -0.05) is 6.92 Å². The molecule has 0 amide bonds. The lowest BCUT2D eigenvalue weighted by atomic mass is 10.1. The minimum atomic E-state index is -1.37. The SMILES string of the molecule is CCC(SC)C(=O)C(N)C(=O)O. The van der Waals surface area contributed by atoms with E-state index in [-0.39, 0.29) is 5.25 Å². The van der Waals surface area contributed by atoms with Gasteiger partial charge in [-0.2, -0.15) is 11.8 Å². The van der Waals surface area contributed by atoms with Crippen molar-refractivity contribution in [1.82, 2.24) is 0 Å². The fourth-order valence-electron chi connectivity index (χ4n) is 0.806. The summed E-state index contributed by atoms with van der Waals surface area (Å²) in [6, 6.07) is -1.37. The highest BCUT2D eigenvalue weighted by Gasteiger charge is 2.27. The van der Waals surface area contributed by atoms with E-state index >= 15 is 0 Å². The predicted molar refractivity (Wildman–Crippen MR) is 48.2 cm³/mol. The van der Waals surface area contributed by atoms with Crippen molar-refractivity contribution in [3.63, 3.8) is 0 Å². The molecule has 0 heterocycles. The van der Waals surface area contributed by atoms with Crippen molar-refractivity contribution >= 4 is 23.5 Å². The molecule has 70 valence electrons. The standard InChI is InChI=1S/C7H13NO3S/c1-3-4(12-2)6(9)5(8)7(10)11/h4-5H,3,8H2,1-2H3,(H,10,11). The van der Waals surface area contributed by atoms with Crippen molar-refractivity contribution in [2.75, 3.05) is 6.26 Å². The number of rotatable bonds is 5. The molecule has 0 aromatic carbocycles. The number of hydrogen-bond donors (Lipinski definition) is 2. The summed E-state index contributed by atoms with van der Waals surface area (Å²) in [5.41, 5.74) is 5.15. The van der Waals surface area contributed by atoms with E-state index in [1.807, 2.05) is 6.92 Å². The summed E-state index contributed by atoms with van der Waals surface area (Å²) in [6.07, 6.45) is 2.38. The van der Waals surface area contributed by atoms with Gasteiger partial charge in [0.1, 0.15) is 0 Å². The molecule has 3 N–H and O–H groups in total. The highest BCUT2D eigenvalue weighted by atomic mass is 32.2. The number of carbonyl (C=O) groups is 2. The van der Waals surface area contributed by atoms with E-state index in [2.05, 4.69) is 0 Å². The second-order valence-electron chi connectivity index (χ2n) is 2.35. The van der Waals surface area contributed by atoms with Gasteiger partial charge in [0, 0.05) is 0 Å². The molecule has 12 heavy (non-hydrogen) atoms.